The summed E-state index contributed by atoms with van der Waals surface area (Å²) in [6.45, 7) is 0.475. The fourth-order valence-electron chi connectivity index (χ4n) is 3.14. The standard InChI is InChI=1S/C19H20N2O7/c1-10(18(25)21-8-16(22)20-9-17(23)24)27-11-5-6-13-12-3-2-4-14(12)19(26)28-15(13)7-11/h5-7,10H,2-4,8-9H2,1H3,(H,20,22)(H,21,25)(H,23,24)/p-1/t10-/m0/s1. The summed E-state index contributed by atoms with van der Waals surface area (Å²) in [5.74, 6) is -2.30. The molecule has 0 bridgehead atoms. The maximum atomic E-state index is 12.1. The van der Waals surface area contributed by atoms with Crippen LogP contribution in [0.15, 0.2) is 27.4 Å². The van der Waals surface area contributed by atoms with Crippen molar-refractivity contribution in [1.29, 1.82) is 0 Å². The molecule has 0 saturated carbocycles. The number of amides is 2. The lowest BCUT2D eigenvalue weighted by Gasteiger charge is -2.15. The number of carboxylic acids is 1. The first-order chi connectivity index (χ1) is 13.3. The van der Waals surface area contributed by atoms with E-state index in [1.807, 2.05) is 0 Å². The van der Waals surface area contributed by atoms with Crippen molar-refractivity contribution in [2.45, 2.75) is 32.3 Å². The highest BCUT2D eigenvalue weighted by atomic mass is 16.5. The molecule has 1 aliphatic carbocycles. The summed E-state index contributed by atoms with van der Waals surface area (Å²) in [7, 11) is 0. The van der Waals surface area contributed by atoms with Crippen molar-refractivity contribution < 1.29 is 28.6 Å². The van der Waals surface area contributed by atoms with Gasteiger partial charge in [0.15, 0.2) is 6.10 Å². The molecule has 0 unspecified atom stereocenters. The smallest absolute Gasteiger partial charge is 0.339 e. The van der Waals surface area contributed by atoms with Crippen LogP contribution in [-0.2, 0) is 27.2 Å². The average Bonchev–Trinajstić information content (AvgIpc) is 3.15. The molecule has 0 fully saturated rings. The number of aryl methyl sites for hydroxylation is 1. The molecule has 9 heteroatoms. The quantitative estimate of drug-likeness (QED) is 0.583. The first kappa shape index (κ1) is 19.4. The normalized spacial score (nSPS) is 13.6. The van der Waals surface area contributed by atoms with E-state index >= 15 is 0 Å². The van der Waals surface area contributed by atoms with E-state index in [-0.39, 0.29) is 5.63 Å². The molecule has 148 valence electrons. The van der Waals surface area contributed by atoms with Crippen molar-refractivity contribution in [2.24, 2.45) is 0 Å². The Labute approximate surface area is 159 Å². The number of aliphatic carboxylic acids is 1. The molecule has 9 nitrogen and oxygen atoms in total. The maximum absolute atomic E-state index is 12.1. The van der Waals surface area contributed by atoms with E-state index in [1.54, 1.807) is 18.2 Å². The number of hydrogen-bond acceptors (Lipinski definition) is 7. The van der Waals surface area contributed by atoms with E-state index in [1.165, 1.54) is 6.92 Å². The summed E-state index contributed by atoms with van der Waals surface area (Å²) in [5.41, 5.74) is 1.79. The monoisotopic (exact) mass is 387 g/mol. The number of benzene rings is 1. The molecular weight excluding hydrogens is 368 g/mol. The van der Waals surface area contributed by atoms with Gasteiger partial charge in [-0.2, -0.15) is 0 Å². The third-order valence-electron chi connectivity index (χ3n) is 4.48. The lowest BCUT2D eigenvalue weighted by atomic mass is 10.1. The van der Waals surface area contributed by atoms with Crippen LogP contribution in [0.3, 0.4) is 0 Å². The summed E-state index contributed by atoms with van der Waals surface area (Å²) in [4.78, 5) is 45.8. The Bertz CT molecular complexity index is 996. The minimum Gasteiger partial charge on any atom is -0.548 e. The van der Waals surface area contributed by atoms with E-state index in [0.29, 0.717) is 11.3 Å². The first-order valence-electron chi connectivity index (χ1n) is 8.84. The minimum absolute atomic E-state index is 0.342. The molecule has 1 heterocycles. The summed E-state index contributed by atoms with van der Waals surface area (Å²) >= 11 is 0. The van der Waals surface area contributed by atoms with Crippen molar-refractivity contribution in [3.8, 4) is 5.75 Å². The van der Waals surface area contributed by atoms with Gasteiger partial charge in [0.1, 0.15) is 11.3 Å². The van der Waals surface area contributed by atoms with Crippen LogP contribution >= 0.6 is 0 Å². The summed E-state index contributed by atoms with van der Waals surface area (Å²) in [5, 5.41) is 15.5. The lowest BCUT2D eigenvalue weighted by molar-refractivity contribution is -0.304. The molecule has 2 aromatic rings. The van der Waals surface area contributed by atoms with Crippen LogP contribution in [0.5, 0.6) is 5.75 Å². The maximum Gasteiger partial charge on any atom is 0.339 e. The second-order valence-electron chi connectivity index (χ2n) is 6.48. The minimum atomic E-state index is -1.43. The van der Waals surface area contributed by atoms with Gasteiger partial charge in [-0.3, -0.25) is 9.59 Å². The number of fused-ring (bicyclic) bond motifs is 3. The zero-order valence-corrected chi connectivity index (χ0v) is 15.2. The van der Waals surface area contributed by atoms with Crippen LogP contribution in [-0.4, -0.2) is 37.0 Å². The SMILES string of the molecule is C[C@H](Oc1ccc2c3c(c(=O)oc2c1)CCC3)C(=O)NCC(=O)NCC(=O)[O-]. The zero-order chi connectivity index (χ0) is 20.3. The third kappa shape index (κ3) is 4.30. The van der Waals surface area contributed by atoms with E-state index in [2.05, 4.69) is 10.6 Å². The highest BCUT2D eigenvalue weighted by Gasteiger charge is 2.21. The van der Waals surface area contributed by atoms with Gasteiger partial charge in [-0.1, -0.05) is 0 Å². The van der Waals surface area contributed by atoms with Crippen molar-refractivity contribution in [1.82, 2.24) is 10.6 Å². The van der Waals surface area contributed by atoms with Gasteiger partial charge in [0.2, 0.25) is 5.91 Å². The molecule has 2 amide bonds. The second kappa shape index (κ2) is 8.12. The van der Waals surface area contributed by atoms with Gasteiger partial charge in [-0.15, -0.1) is 0 Å². The molecule has 0 spiro atoms. The Morgan fingerprint density at radius 1 is 1.18 bits per heavy atom. The molecule has 0 saturated heterocycles. The van der Waals surface area contributed by atoms with Crippen molar-refractivity contribution in [2.75, 3.05) is 13.1 Å². The van der Waals surface area contributed by atoms with Gasteiger partial charge in [-0.05, 0) is 43.9 Å². The molecule has 1 aromatic heterocycles. The van der Waals surface area contributed by atoms with Crippen LogP contribution in [0.25, 0.3) is 11.0 Å². The van der Waals surface area contributed by atoms with E-state index in [0.717, 1.165) is 35.8 Å². The Morgan fingerprint density at radius 2 is 1.93 bits per heavy atom. The Balaban J connectivity index is 1.63. The number of rotatable bonds is 7. The largest absolute Gasteiger partial charge is 0.548 e. The van der Waals surface area contributed by atoms with Crippen LogP contribution < -0.4 is 26.1 Å². The first-order valence-corrected chi connectivity index (χ1v) is 8.84. The Hall–Kier alpha value is -3.36. The molecular formula is C19H19N2O7-. The number of carbonyl (C=O) groups excluding carboxylic acids is 3. The van der Waals surface area contributed by atoms with Gasteiger partial charge >= 0.3 is 5.63 Å². The second-order valence-corrected chi connectivity index (χ2v) is 6.48. The molecule has 0 aliphatic heterocycles. The molecule has 3 rings (SSSR count). The predicted molar refractivity (Wildman–Crippen MR) is 95.6 cm³/mol. The highest BCUT2D eigenvalue weighted by molar-refractivity contribution is 5.88. The fraction of sp³-hybridized carbons (Fsp3) is 0.368. The van der Waals surface area contributed by atoms with Crippen LogP contribution in [0, 0.1) is 0 Å². The van der Waals surface area contributed by atoms with E-state index in [9.17, 15) is 24.3 Å². The van der Waals surface area contributed by atoms with Crippen LogP contribution in [0.2, 0.25) is 0 Å². The van der Waals surface area contributed by atoms with E-state index < -0.39 is 37.0 Å². The molecule has 28 heavy (non-hydrogen) atoms. The zero-order valence-electron chi connectivity index (χ0n) is 15.2. The number of nitrogens with one attached hydrogen (secondary N) is 2. The van der Waals surface area contributed by atoms with Crippen LogP contribution in [0.1, 0.15) is 24.5 Å². The molecule has 2 N–H and O–H groups in total. The van der Waals surface area contributed by atoms with Gasteiger partial charge in [0, 0.05) is 17.0 Å². The average molecular weight is 387 g/mol. The number of carboxylic acid groups (broad SMARTS) is 1. The van der Waals surface area contributed by atoms with Crippen molar-refractivity contribution in [3.05, 3.63) is 39.7 Å². The number of carbonyl (C=O) groups is 3. The number of ether oxygens (including phenoxy) is 1. The van der Waals surface area contributed by atoms with Gasteiger partial charge in [0.25, 0.3) is 5.91 Å². The summed E-state index contributed by atoms with van der Waals surface area (Å²) in [6.07, 6.45) is 1.55. The topological polar surface area (TPSA) is 138 Å². The number of hydrogen-bond donors (Lipinski definition) is 2. The van der Waals surface area contributed by atoms with Crippen LogP contribution in [0.4, 0.5) is 0 Å². The highest BCUT2D eigenvalue weighted by Crippen LogP contribution is 2.29. The molecule has 0 radical (unpaired) electrons. The molecule has 1 aliphatic rings. The molecule has 1 aromatic carbocycles. The lowest BCUT2D eigenvalue weighted by Crippen LogP contribution is -2.45. The van der Waals surface area contributed by atoms with Crippen molar-refractivity contribution in [3.63, 3.8) is 0 Å². The van der Waals surface area contributed by atoms with E-state index in [4.69, 9.17) is 9.15 Å². The Morgan fingerprint density at radius 3 is 2.68 bits per heavy atom. The third-order valence-corrected chi connectivity index (χ3v) is 4.48. The summed E-state index contributed by atoms with van der Waals surface area (Å²) in [6, 6.07) is 5.05. The Kier molecular flexibility index (Phi) is 5.62. The van der Waals surface area contributed by atoms with Crippen molar-refractivity contribution >= 4 is 28.8 Å². The van der Waals surface area contributed by atoms with Gasteiger partial charge in [0.05, 0.1) is 19.1 Å². The fourth-order valence-corrected chi connectivity index (χ4v) is 3.14. The van der Waals surface area contributed by atoms with Gasteiger partial charge in [-0.25, -0.2) is 4.79 Å². The summed E-state index contributed by atoms with van der Waals surface area (Å²) < 4.78 is 10.9. The van der Waals surface area contributed by atoms with Gasteiger partial charge < -0.3 is 29.7 Å². The molecule has 1 atom stereocenters. The predicted octanol–water partition coefficient (Wildman–Crippen LogP) is -0.969.